The van der Waals surface area contributed by atoms with E-state index in [1.807, 2.05) is 6.92 Å². The van der Waals surface area contributed by atoms with Crippen LogP contribution in [0.4, 0.5) is 30.5 Å². The Hall–Kier alpha value is -2.35. The van der Waals surface area contributed by atoms with Crippen molar-refractivity contribution < 1.29 is 13.2 Å². The Kier molecular flexibility index (Phi) is 4.59. The van der Waals surface area contributed by atoms with Crippen LogP contribution in [0.1, 0.15) is 19.2 Å². The summed E-state index contributed by atoms with van der Waals surface area (Å²) in [7, 11) is 0. The second-order valence-corrected chi connectivity index (χ2v) is 4.32. The SMILES string of the molecule is CCCc1nc(NN)cc(Nc2c(F)cc(F)cc2F)n1. The number of anilines is 3. The number of hydrazine groups is 1. The van der Waals surface area contributed by atoms with Crippen LogP contribution in [0.15, 0.2) is 18.2 Å². The maximum absolute atomic E-state index is 13.6. The Bertz CT molecular complexity index is 625. The summed E-state index contributed by atoms with van der Waals surface area (Å²) in [5.41, 5.74) is 1.87. The van der Waals surface area contributed by atoms with Crippen LogP contribution in [0.2, 0.25) is 0 Å². The Morgan fingerprint density at radius 2 is 1.67 bits per heavy atom. The highest BCUT2D eigenvalue weighted by Crippen LogP contribution is 2.24. The number of aryl methyl sites for hydroxylation is 1. The number of hydrogen-bond acceptors (Lipinski definition) is 5. The van der Waals surface area contributed by atoms with Crippen molar-refractivity contribution in [3.05, 3.63) is 41.5 Å². The Morgan fingerprint density at radius 1 is 1.05 bits per heavy atom. The second-order valence-electron chi connectivity index (χ2n) is 4.32. The van der Waals surface area contributed by atoms with E-state index in [0.29, 0.717) is 30.2 Å². The molecule has 0 fully saturated rings. The molecule has 1 aromatic heterocycles. The molecule has 0 unspecified atom stereocenters. The van der Waals surface area contributed by atoms with Gasteiger partial charge in [0, 0.05) is 24.6 Å². The number of aromatic nitrogens is 2. The average molecular weight is 297 g/mol. The van der Waals surface area contributed by atoms with Crippen LogP contribution >= 0.6 is 0 Å². The quantitative estimate of drug-likeness (QED) is 0.584. The van der Waals surface area contributed by atoms with Gasteiger partial charge in [0.05, 0.1) is 0 Å². The summed E-state index contributed by atoms with van der Waals surface area (Å²) in [6, 6.07) is 2.56. The molecule has 0 spiro atoms. The van der Waals surface area contributed by atoms with Gasteiger partial charge in [-0.15, -0.1) is 0 Å². The van der Waals surface area contributed by atoms with Gasteiger partial charge in [-0.05, 0) is 6.42 Å². The van der Waals surface area contributed by atoms with Crippen LogP contribution in [-0.2, 0) is 6.42 Å². The van der Waals surface area contributed by atoms with Gasteiger partial charge in [-0.2, -0.15) is 0 Å². The fourth-order valence-electron chi connectivity index (χ4n) is 1.76. The molecule has 0 aliphatic heterocycles. The number of benzene rings is 1. The first-order valence-corrected chi connectivity index (χ1v) is 6.29. The van der Waals surface area contributed by atoms with Crippen molar-refractivity contribution in [3.8, 4) is 0 Å². The standard InChI is InChI=1S/C13H14F3N5/c1-2-3-10-18-11(6-12(19-10)21-17)20-13-8(15)4-7(14)5-9(13)16/h4-6H,2-3,17H2,1H3,(H2,18,19,20,21). The molecular formula is C13H14F3N5. The van der Waals surface area contributed by atoms with Gasteiger partial charge in [0.25, 0.3) is 0 Å². The molecule has 0 saturated heterocycles. The molecule has 1 heterocycles. The molecule has 0 bridgehead atoms. The van der Waals surface area contributed by atoms with Gasteiger partial charge >= 0.3 is 0 Å². The number of halogens is 3. The molecule has 0 aliphatic rings. The molecule has 8 heteroatoms. The van der Waals surface area contributed by atoms with Crippen molar-refractivity contribution in [2.24, 2.45) is 5.84 Å². The highest BCUT2D eigenvalue weighted by molar-refractivity contribution is 5.60. The van der Waals surface area contributed by atoms with Gasteiger partial charge < -0.3 is 10.7 Å². The number of nitrogen functional groups attached to an aromatic ring is 1. The van der Waals surface area contributed by atoms with Crippen molar-refractivity contribution >= 4 is 17.3 Å². The van der Waals surface area contributed by atoms with E-state index in [9.17, 15) is 13.2 Å². The number of hydrogen-bond donors (Lipinski definition) is 3. The summed E-state index contributed by atoms with van der Waals surface area (Å²) in [5, 5.41) is 2.48. The monoisotopic (exact) mass is 297 g/mol. The van der Waals surface area contributed by atoms with Gasteiger partial charge in [0.15, 0.2) is 11.6 Å². The van der Waals surface area contributed by atoms with E-state index in [-0.39, 0.29) is 5.82 Å². The summed E-state index contributed by atoms with van der Waals surface area (Å²) < 4.78 is 40.1. The molecule has 0 saturated carbocycles. The molecular weight excluding hydrogens is 283 g/mol. The summed E-state index contributed by atoms with van der Waals surface area (Å²) in [4.78, 5) is 8.23. The number of rotatable bonds is 5. The minimum Gasteiger partial charge on any atom is -0.335 e. The van der Waals surface area contributed by atoms with Crippen LogP contribution in [-0.4, -0.2) is 9.97 Å². The zero-order valence-corrected chi connectivity index (χ0v) is 11.3. The van der Waals surface area contributed by atoms with Crippen molar-refractivity contribution in [1.82, 2.24) is 9.97 Å². The minimum absolute atomic E-state index is 0.158. The lowest BCUT2D eigenvalue weighted by atomic mass is 10.2. The Labute approximate surface area is 119 Å². The van der Waals surface area contributed by atoms with E-state index in [0.717, 1.165) is 6.42 Å². The van der Waals surface area contributed by atoms with Gasteiger partial charge in [0.1, 0.15) is 29.0 Å². The Morgan fingerprint density at radius 3 is 2.24 bits per heavy atom. The van der Waals surface area contributed by atoms with E-state index in [4.69, 9.17) is 5.84 Å². The van der Waals surface area contributed by atoms with Crippen LogP contribution in [0, 0.1) is 17.5 Å². The molecule has 112 valence electrons. The van der Waals surface area contributed by atoms with Crippen LogP contribution in [0.5, 0.6) is 0 Å². The van der Waals surface area contributed by atoms with Gasteiger partial charge in [-0.25, -0.2) is 29.0 Å². The average Bonchev–Trinajstić information content (AvgIpc) is 2.43. The predicted molar refractivity (Wildman–Crippen MR) is 73.4 cm³/mol. The van der Waals surface area contributed by atoms with E-state index in [1.54, 1.807) is 0 Å². The molecule has 0 aliphatic carbocycles. The van der Waals surface area contributed by atoms with E-state index >= 15 is 0 Å². The summed E-state index contributed by atoms with van der Waals surface area (Å²) >= 11 is 0. The molecule has 0 radical (unpaired) electrons. The Balaban J connectivity index is 2.37. The van der Waals surface area contributed by atoms with Crippen molar-refractivity contribution in [1.29, 1.82) is 0 Å². The first-order valence-electron chi connectivity index (χ1n) is 6.29. The minimum atomic E-state index is -1.05. The smallest absolute Gasteiger partial charge is 0.152 e. The normalized spacial score (nSPS) is 10.5. The van der Waals surface area contributed by atoms with Gasteiger partial charge in [-0.3, -0.25) is 0 Å². The molecule has 1 aromatic carbocycles. The lowest BCUT2D eigenvalue weighted by Gasteiger charge is -2.11. The van der Waals surface area contributed by atoms with Crippen molar-refractivity contribution in [3.63, 3.8) is 0 Å². The molecule has 2 rings (SSSR count). The van der Waals surface area contributed by atoms with Gasteiger partial charge in [-0.1, -0.05) is 6.92 Å². The second kappa shape index (κ2) is 6.40. The fraction of sp³-hybridized carbons (Fsp3) is 0.231. The summed E-state index contributed by atoms with van der Waals surface area (Å²) in [6.07, 6.45) is 1.38. The summed E-state index contributed by atoms with van der Waals surface area (Å²) in [6.45, 7) is 1.94. The van der Waals surface area contributed by atoms with Crippen LogP contribution in [0.3, 0.4) is 0 Å². The van der Waals surface area contributed by atoms with Crippen LogP contribution < -0.4 is 16.6 Å². The molecule has 4 N–H and O–H groups in total. The highest BCUT2D eigenvalue weighted by Gasteiger charge is 2.13. The van der Waals surface area contributed by atoms with Crippen molar-refractivity contribution in [2.75, 3.05) is 10.7 Å². The van der Waals surface area contributed by atoms with Gasteiger partial charge in [0.2, 0.25) is 0 Å². The molecule has 0 amide bonds. The zero-order chi connectivity index (χ0) is 15.4. The van der Waals surface area contributed by atoms with Crippen molar-refractivity contribution in [2.45, 2.75) is 19.8 Å². The number of nitrogens with one attached hydrogen (secondary N) is 2. The zero-order valence-electron chi connectivity index (χ0n) is 11.3. The molecule has 0 atom stereocenters. The first kappa shape index (κ1) is 15.0. The largest absolute Gasteiger partial charge is 0.335 e. The van der Waals surface area contributed by atoms with Crippen LogP contribution in [0.25, 0.3) is 0 Å². The molecule has 5 nitrogen and oxygen atoms in total. The lowest BCUT2D eigenvalue weighted by molar-refractivity contribution is 0.548. The van der Waals surface area contributed by atoms with E-state index in [2.05, 4.69) is 20.7 Å². The topological polar surface area (TPSA) is 75.9 Å². The molecule has 2 aromatic rings. The third-order valence-corrected chi connectivity index (χ3v) is 2.65. The van der Waals surface area contributed by atoms with E-state index < -0.39 is 23.1 Å². The third kappa shape index (κ3) is 3.60. The number of nitrogens with two attached hydrogens (primary N) is 1. The third-order valence-electron chi connectivity index (χ3n) is 2.65. The fourth-order valence-corrected chi connectivity index (χ4v) is 1.76. The molecule has 21 heavy (non-hydrogen) atoms. The first-order chi connectivity index (χ1) is 10.0. The number of nitrogens with zero attached hydrogens (tertiary/aromatic N) is 2. The predicted octanol–water partition coefficient (Wildman–Crippen LogP) is 2.88. The maximum Gasteiger partial charge on any atom is 0.152 e. The summed E-state index contributed by atoms with van der Waals surface area (Å²) in [5.74, 6) is 3.13. The highest BCUT2D eigenvalue weighted by atomic mass is 19.1. The lowest BCUT2D eigenvalue weighted by Crippen LogP contribution is -2.12. The maximum atomic E-state index is 13.6. The van der Waals surface area contributed by atoms with E-state index in [1.165, 1.54) is 6.07 Å².